The zero-order chi connectivity index (χ0) is 12.2. The molecule has 2 N–H and O–H groups in total. The van der Waals surface area contributed by atoms with E-state index in [0.29, 0.717) is 18.4 Å². The lowest BCUT2D eigenvalue weighted by molar-refractivity contribution is -0.142. The third-order valence-corrected chi connectivity index (χ3v) is 3.81. The average molecular weight is 226 g/mol. The molecule has 0 aromatic heterocycles. The Bertz CT molecular complexity index is 234. The van der Waals surface area contributed by atoms with Gasteiger partial charge in [0.2, 0.25) is 5.91 Å². The summed E-state index contributed by atoms with van der Waals surface area (Å²) in [4.78, 5) is 14.2. The summed E-state index contributed by atoms with van der Waals surface area (Å²) in [7, 11) is 1.91. The lowest BCUT2D eigenvalue weighted by Crippen LogP contribution is -2.43. The highest BCUT2D eigenvalue weighted by Gasteiger charge is 2.36. The molecule has 1 aliphatic carbocycles. The molecular formula is C13H26N2O. The standard InChI is InChI=1S/C13H26N2O/c1-11(9-14)10-15(3)12(16)13(2)7-5-4-6-8-13/h11H,4-10,14H2,1-3H3. The fraction of sp³-hybridized carbons (Fsp3) is 0.923. The minimum absolute atomic E-state index is 0.110. The Labute approximate surface area is 99.4 Å². The second kappa shape index (κ2) is 5.67. The molecule has 0 heterocycles. The van der Waals surface area contributed by atoms with Crippen molar-refractivity contribution in [1.82, 2.24) is 4.90 Å². The van der Waals surface area contributed by atoms with Gasteiger partial charge in [-0.25, -0.2) is 0 Å². The first-order chi connectivity index (χ1) is 7.49. The number of carbonyl (C=O) groups is 1. The van der Waals surface area contributed by atoms with Crippen LogP contribution in [0, 0.1) is 11.3 Å². The van der Waals surface area contributed by atoms with E-state index in [1.165, 1.54) is 19.3 Å². The van der Waals surface area contributed by atoms with E-state index in [2.05, 4.69) is 13.8 Å². The lowest BCUT2D eigenvalue weighted by atomic mass is 9.74. The van der Waals surface area contributed by atoms with E-state index in [-0.39, 0.29) is 5.41 Å². The fourth-order valence-corrected chi connectivity index (χ4v) is 2.63. The summed E-state index contributed by atoms with van der Waals surface area (Å²) < 4.78 is 0. The van der Waals surface area contributed by atoms with E-state index in [1.54, 1.807) is 0 Å². The second-order valence-corrected chi connectivity index (χ2v) is 5.65. The van der Waals surface area contributed by atoms with Crippen LogP contribution in [-0.2, 0) is 4.79 Å². The van der Waals surface area contributed by atoms with Gasteiger partial charge in [-0.05, 0) is 25.3 Å². The van der Waals surface area contributed by atoms with Crippen molar-refractivity contribution in [3.05, 3.63) is 0 Å². The van der Waals surface area contributed by atoms with Gasteiger partial charge in [-0.2, -0.15) is 0 Å². The topological polar surface area (TPSA) is 46.3 Å². The van der Waals surface area contributed by atoms with Gasteiger partial charge in [0.15, 0.2) is 0 Å². The number of amides is 1. The maximum Gasteiger partial charge on any atom is 0.228 e. The van der Waals surface area contributed by atoms with E-state index >= 15 is 0 Å². The molecule has 0 bridgehead atoms. The van der Waals surface area contributed by atoms with Crippen LogP contribution in [0.15, 0.2) is 0 Å². The minimum atomic E-state index is -0.110. The average Bonchev–Trinajstić information content (AvgIpc) is 2.28. The molecule has 16 heavy (non-hydrogen) atoms. The zero-order valence-corrected chi connectivity index (χ0v) is 11.0. The van der Waals surface area contributed by atoms with Crippen LogP contribution in [-0.4, -0.2) is 30.9 Å². The molecule has 94 valence electrons. The minimum Gasteiger partial charge on any atom is -0.345 e. The van der Waals surface area contributed by atoms with Gasteiger partial charge in [0.05, 0.1) is 0 Å². The molecule has 0 aliphatic heterocycles. The van der Waals surface area contributed by atoms with Crippen molar-refractivity contribution in [1.29, 1.82) is 0 Å². The molecule has 1 fully saturated rings. The smallest absolute Gasteiger partial charge is 0.228 e. The summed E-state index contributed by atoms with van der Waals surface area (Å²) in [5.74, 6) is 0.702. The van der Waals surface area contributed by atoms with Crippen molar-refractivity contribution in [2.75, 3.05) is 20.1 Å². The van der Waals surface area contributed by atoms with E-state index in [1.807, 2.05) is 11.9 Å². The maximum atomic E-state index is 12.4. The summed E-state index contributed by atoms with van der Waals surface area (Å²) in [6.45, 7) is 5.64. The van der Waals surface area contributed by atoms with Gasteiger partial charge < -0.3 is 10.6 Å². The van der Waals surface area contributed by atoms with Gasteiger partial charge in [-0.3, -0.25) is 4.79 Å². The van der Waals surface area contributed by atoms with Crippen molar-refractivity contribution in [2.45, 2.75) is 46.0 Å². The molecule has 0 aromatic rings. The van der Waals surface area contributed by atoms with Crippen LogP contribution >= 0.6 is 0 Å². The fourth-order valence-electron chi connectivity index (χ4n) is 2.63. The molecule has 0 saturated heterocycles. The molecular weight excluding hydrogens is 200 g/mol. The first kappa shape index (κ1) is 13.5. The van der Waals surface area contributed by atoms with Crippen molar-refractivity contribution >= 4 is 5.91 Å². The predicted octanol–water partition coefficient (Wildman–Crippen LogP) is 2.01. The molecule has 1 saturated carbocycles. The Kier molecular flexibility index (Phi) is 4.78. The van der Waals surface area contributed by atoms with E-state index in [0.717, 1.165) is 19.4 Å². The molecule has 1 atom stereocenters. The summed E-state index contributed by atoms with van der Waals surface area (Å²) in [6.07, 6.45) is 5.77. The van der Waals surface area contributed by atoms with Gasteiger partial charge >= 0.3 is 0 Å². The Morgan fingerprint density at radius 3 is 2.44 bits per heavy atom. The second-order valence-electron chi connectivity index (χ2n) is 5.65. The Hall–Kier alpha value is -0.570. The van der Waals surface area contributed by atoms with Gasteiger partial charge in [-0.15, -0.1) is 0 Å². The molecule has 1 amide bonds. The van der Waals surface area contributed by atoms with Crippen molar-refractivity contribution in [2.24, 2.45) is 17.1 Å². The summed E-state index contributed by atoms with van der Waals surface area (Å²) in [5, 5.41) is 0. The van der Waals surface area contributed by atoms with Crippen LogP contribution in [0.3, 0.4) is 0 Å². The van der Waals surface area contributed by atoms with Crippen LogP contribution in [0.4, 0.5) is 0 Å². The van der Waals surface area contributed by atoms with E-state index < -0.39 is 0 Å². The number of carbonyl (C=O) groups excluding carboxylic acids is 1. The van der Waals surface area contributed by atoms with Gasteiger partial charge in [0.25, 0.3) is 0 Å². The molecule has 3 nitrogen and oxygen atoms in total. The highest BCUT2D eigenvalue weighted by atomic mass is 16.2. The first-order valence-electron chi connectivity index (χ1n) is 6.45. The highest BCUT2D eigenvalue weighted by Crippen LogP contribution is 2.37. The number of nitrogens with two attached hydrogens (primary N) is 1. The van der Waals surface area contributed by atoms with Crippen LogP contribution in [0.1, 0.15) is 46.0 Å². The number of hydrogen-bond donors (Lipinski definition) is 1. The third kappa shape index (κ3) is 3.21. The van der Waals surface area contributed by atoms with Gasteiger partial charge in [0, 0.05) is 19.0 Å². The third-order valence-electron chi connectivity index (χ3n) is 3.81. The molecule has 1 aliphatic rings. The maximum absolute atomic E-state index is 12.4. The molecule has 0 aromatic carbocycles. The SMILES string of the molecule is CC(CN)CN(C)C(=O)C1(C)CCCCC1. The summed E-state index contributed by atoms with van der Waals surface area (Å²) in [5.41, 5.74) is 5.48. The quantitative estimate of drug-likeness (QED) is 0.797. The lowest BCUT2D eigenvalue weighted by Gasteiger charge is -2.36. The molecule has 1 rings (SSSR count). The predicted molar refractivity (Wildman–Crippen MR) is 67.0 cm³/mol. The Balaban J connectivity index is 2.54. The van der Waals surface area contributed by atoms with Crippen molar-refractivity contribution < 1.29 is 4.79 Å². The number of rotatable bonds is 4. The molecule has 3 heteroatoms. The van der Waals surface area contributed by atoms with Gasteiger partial charge in [0.1, 0.15) is 0 Å². The van der Waals surface area contributed by atoms with Crippen LogP contribution < -0.4 is 5.73 Å². The summed E-state index contributed by atoms with van der Waals surface area (Å²) in [6, 6.07) is 0. The Morgan fingerprint density at radius 1 is 1.38 bits per heavy atom. The first-order valence-corrected chi connectivity index (χ1v) is 6.45. The van der Waals surface area contributed by atoms with Crippen LogP contribution in [0.5, 0.6) is 0 Å². The molecule has 0 radical (unpaired) electrons. The number of nitrogens with zero attached hydrogens (tertiary/aromatic N) is 1. The number of hydrogen-bond acceptors (Lipinski definition) is 2. The monoisotopic (exact) mass is 226 g/mol. The van der Waals surface area contributed by atoms with E-state index in [9.17, 15) is 4.79 Å². The van der Waals surface area contributed by atoms with Gasteiger partial charge in [-0.1, -0.05) is 33.1 Å². The summed E-state index contributed by atoms with van der Waals surface area (Å²) >= 11 is 0. The largest absolute Gasteiger partial charge is 0.345 e. The van der Waals surface area contributed by atoms with Crippen LogP contribution in [0.2, 0.25) is 0 Å². The molecule has 0 spiro atoms. The van der Waals surface area contributed by atoms with Crippen molar-refractivity contribution in [3.8, 4) is 0 Å². The molecule has 1 unspecified atom stereocenters. The van der Waals surface area contributed by atoms with Crippen LogP contribution in [0.25, 0.3) is 0 Å². The normalized spacial score (nSPS) is 21.5. The van der Waals surface area contributed by atoms with E-state index in [4.69, 9.17) is 5.73 Å². The Morgan fingerprint density at radius 2 is 1.94 bits per heavy atom. The highest BCUT2D eigenvalue weighted by molar-refractivity contribution is 5.82. The zero-order valence-electron chi connectivity index (χ0n) is 11.0. The van der Waals surface area contributed by atoms with Crippen molar-refractivity contribution in [3.63, 3.8) is 0 Å².